The molecule has 2 aliphatic rings. The number of hydrazine groups is 1. The summed E-state index contributed by atoms with van der Waals surface area (Å²) in [5.74, 6) is 0.827. The normalized spacial score (nSPS) is 26.1. The lowest BCUT2D eigenvalue weighted by atomic mass is 9.82. The number of fused-ring (bicyclic) bond motifs is 1. The first-order chi connectivity index (χ1) is 11.8. The Hall–Kier alpha value is -2.25. The van der Waals surface area contributed by atoms with E-state index < -0.39 is 0 Å². The molecule has 7 nitrogen and oxygen atoms in total. The summed E-state index contributed by atoms with van der Waals surface area (Å²) in [5, 5.41) is 3.92. The van der Waals surface area contributed by atoms with Gasteiger partial charge in [0.25, 0.3) is 5.89 Å². The Balaban J connectivity index is 1.35. The predicted molar refractivity (Wildman–Crippen MR) is 85.3 cm³/mol. The molecule has 0 radical (unpaired) electrons. The van der Waals surface area contributed by atoms with Gasteiger partial charge in [-0.3, -0.25) is 10.2 Å². The SMILES string of the molecule is O=C(OCc1nc(-c2ccccc2)no1)C1NNC2CCCCC21. The molecule has 1 aromatic carbocycles. The molecule has 4 rings (SSSR count). The predicted octanol–water partition coefficient (Wildman–Crippen LogP) is 1.81. The number of hydrogen-bond acceptors (Lipinski definition) is 7. The second-order valence-corrected chi connectivity index (χ2v) is 6.31. The van der Waals surface area contributed by atoms with Crippen molar-refractivity contribution >= 4 is 5.97 Å². The van der Waals surface area contributed by atoms with Crippen LogP contribution < -0.4 is 10.9 Å². The zero-order chi connectivity index (χ0) is 16.4. The van der Waals surface area contributed by atoms with E-state index in [2.05, 4.69) is 21.0 Å². The van der Waals surface area contributed by atoms with E-state index in [0.29, 0.717) is 23.7 Å². The minimum Gasteiger partial charge on any atom is -0.454 e. The Bertz CT molecular complexity index is 703. The van der Waals surface area contributed by atoms with Crippen molar-refractivity contribution in [1.29, 1.82) is 0 Å². The maximum Gasteiger partial charge on any atom is 0.325 e. The van der Waals surface area contributed by atoms with Gasteiger partial charge >= 0.3 is 5.97 Å². The number of aromatic nitrogens is 2. The lowest BCUT2D eigenvalue weighted by Crippen LogP contribution is -2.39. The number of carbonyl (C=O) groups excluding carboxylic acids is 1. The Kier molecular flexibility index (Phi) is 4.27. The Labute approximate surface area is 139 Å². The van der Waals surface area contributed by atoms with Gasteiger partial charge in [-0.15, -0.1) is 0 Å². The van der Waals surface area contributed by atoms with Gasteiger partial charge in [0.15, 0.2) is 6.61 Å². The number of esters is 1. The van der Waals surface area contributed by atoms with Crippen LogP contribution in [0.1, 0.15) is 31.6 Å². The van der Waals surface area contributed by atoms with Crippen LogP contribution in [-0.2, 0) is 16.1 Å². The van der Waals surface area contributed by atoms with Crippen LogP contribution in [0, 0.1) is 5.92 Å². The van der Waals surface area contributed by atoms with Gasteiger partial charge in [0.05, 0.1) is 0 Å². The van der Waals surface area contributed by atoms with Crippen LogP contribution in [0.15, 0.2) is 34.9 Å². The van der Waals surface area contributed by atoms with Crippen molar-refractivity contribution in [3.8, 4) is 11.4 Å². The largest absolute Gasteiger partial charge is 0.454 e. The molecule has 3 atom stereocenters. The van der Waals surface area contributed by atoms with Gasteiger partial charge in [-0.2, -0.15) is 4.98 Å². The molecule has 1 aliphatic carbocycles. The number of carbonyl (C=O) groups is 1. The van der Waals surface area contributed by atoms with E-state index >= 15 is 0 Å². The summed E-state index contributed by atoms with van der Waals surface area (Å²) in [6, 6.07) is 9.61. The van der Waals surface area contributed by atoms with E-state index in [4.69, 9.17) is 9.26 Å². The summed E-state index contributed by atoms with van der Waals surface area (Å²) in [5.41, 5.74) is 7.15. The molecule has 24 heavy (non-hydrogen) atoms. The summed E-state index contributed by atoms with van der Waals surface area (Å²) in [7, 11) is 0. The van der Waals surface area contributed by atoms with Crippen LogP contribution in [0.4, 0.5) is 0 Å². The van der Waals surface area contributed by atoms with Crippen LogP contribution in [0.2, 0.25) is 0 Å². The minimum absolute atomic E-state index is 0.00572. The molecule has 2 fully saturated rings. The monoisotopic (exact) mass is 328 g/mol. The van der Waals surface area contributed by atoms with Crippen LogP contribution in [0.3, 0.4) is 0 Å². The minimum atomic E-state index is -0.299. The lowest BCUT2D eigenvalue weighted by molar-refractivity contribution is -0.149. The average Bonchev–Trinajstić information content (AvgIpc) is 3.27. The van der Waals surface area contributed by atoms with E-state index in [1.54, 1.807) is 0 Å². The molecule has 2 heterocycles. The number of hydrogen-bond donors (Lipinski definition) is 2. The summed E-state index contributed by atoms with van der Waals surface area (Å²) >= 11 is 0. The standard InChI is InChI=1S/C17H20N4O3/c22-17(15-12-8-4-5-9-13(12)19-20-15)23-10-14-18-16(21-24-14)11-6-2-1-3-7-11/h1-3,6-7,12-13,15,19-20H,4-5,8-10H2. The number of nitrogens with zero attached hydrogens (tertiary/aromatic N) is 2. The van der Waals surface area contributed by atoms with Crippen LogP contribution in [0.25, 0.3) is 11.4 Å². The molecule has 2 aromatic rings. The number of rotatable bonds is 4. The van der Waals surface area contributed by atoms with Crippen molar-refractivity contribution < 1.29 is 14.1 Å². The van der Waals surface area contributed by atoms with E-state index in [1.807, 2.05) is 30.3 Å². The number of nitrogens with one attached hydrogen (secondary N) is 2. The summed E-state index contributed by atoms with van der Waals surface area (Å²) in [4.78, 5) is 16.6. The third-order valence-corrected chi connectivity index (χ3v) is 4.76. The van der Waals surface area contributed by atoms with E-state index in [0.717, 1.165) is 18.4 Å². The molecule has 2 N–H and O–H groups in total. The molecule has 0 bridgehead atoms. The third-order valence-electron chi connectivity index (χ3n) is 4.76. The highest BCUT2D eigenvalue weighted by atomic mass is 16.6. The van der Waals surface area contributed by atoms with Crippen molar-refractivity contribution in [1.82, 2.24) is 21.0 Å². The topological polar surface area (TPSA) is 89.3 Å². The highest BCUT2D eigenvalue weighted by molar-refractivity contribution is 5.76. The van der Waals surface area contributed by atoms with Gasteiger partial charge in [0.1, 0.15) is 6.04 Å². The lowest BCUT2D eigenvalue weighted by Gasteiger charge is -2.25. The van der Waals surface area contributed by atoms with Crippen molar-refractivity contribution in [3.63, 3.8) is 0 Å². The van der Waals surface area contributed by atoms with Crippen molar-refractivity contribution in [2.75, 3.05) is 0 Å². The zero-order valence-corrected chi connectivity index (χ0v) is 13.3. The Morgan fingerprint density at radius 2 is 2.04 bits per heavy atom. The second-order valence-electron chi connectivity index (χ2n) is 6.31. The number of ether oxygens (including phenoxy) is 1. The Morgan fingerprint density at radius 1 is 1.21 bits per heavy atom. The molecule has 7 heteroatoms. The van der Waals surface area contributed by atoms with Crippen molar-refractivity contribution in [2.24, 2.45) is 5.92 Å². The zero-order valence-electron chi connectivity index (χ0n) is 13.3. The third kappa shape index (κ3) is 3.05. The fraction of sp³-hybridized carbons (Fsp3) is 0.471. The van der Waals surface area contributed by atoms with Gasteiger partial charge in [-0.25, -0.2) is 5.43 Å². The molecular weight excluding hydrogens is 308 g/mol. The maximum absolute atomic E-state index is 12.3. The molecule has 3 unspecified atom stereocenters. The second kappa shape index (κ2) is 6.70. The van der Waals surface area contributed by atoms with E-state index in [-0.39, 0.29) is 18.6 Å². The van der Waals surface area contributed by atoms with Crippen LogP contribution >= 0.6 is 0 Å². The molecule has 0 spiro atoms. The first kappa shape index (κ1) is 15.3. The molecular formula is C17H20N4O3. The van der Waals surface area contributed by atoms with Crippen LogP contribution in [0.5, 0.6) is 0 Å². The van der Waals surface area contributed by atoms with Crippen molar-refractivity contribution in [2.45, 2.75) is 44.4 Å². The maximum atomic E-state index is 12.3. The Morgan fingerprint density at radius 3 is 2.92 bits per heavy atom. The molecule has 126 valence electrons. The van der Waals surface area contributed by atoms with Gasteiger partial charge in [0, 0.05) is 17.5 Å². The first-order valence-corrected chi connectivity index (χ1v) is 8.37. The molecule has 0 amide bonds. The van der Waals surface area contributed by atoms with Gasteiger partial charge in [-0.1, -0.05) is 48.3 Å². The summed E-state index contributed by atoms with van der Waals surface area (Å²) in [6.45, 7) is -0.00572. The molecule has 1 saturated carbocycles. The first-order valence-electron chi connectivity index (χ1n) is 8.37. The van der Waals surface area contributed by atoms with E-state index in [1.165, 1.54) is 12.8 Å². The van der Waals surface area contributed by atoms with Gasteiger partial charge in [-0.05, 0) is 12.8 Å². The van der Waals surface area contributed by atoms with Crippen molar-refractivity contribution in [3.05, 3.63) is 36.2 Å². The summed E-state index contributed by atoms with van der Waals surface area (Å²) in [6.07, 6.45) is 4.52. The van der Waals surface area contributed by atoms with E-state index in [9.17, 15) is 4.79 Å². The average molecular weight is 328 g/mol. The quantitative estimate of drug-likeness (QED) is 0.827. The highest BCUT2D eigenvalue weighted by Gasteiger charge is 2.41. The summed E-state index contributed by atoms with van der Waals surface area (Å²) < 4.78 is 10.5. The van der Waals surface area contributed by atoms with Gasteiger partial charge in [0.2, 0.25) is 5.82 Å². The van der Waals surface area contributed by atoms with Crippen LogP contribution in [-0.4, -0.2) is 28.2 Å². The molecule has 1 aliphatic heterocycles. The highest BCUT2D eigenvalue weighted by Crippen LogP contribution is 2.30. The van der Waals surface area contributed by atoms with Gasteiger partial charge < -0.3 is 9.26 Å². The number of benzene rings is 1. The fourth-order valence-corrected chi connectivity index (χ4v) is 3.52. The fourth-order valence-electron chi connectivity index (χ4n) is 3.52. The smallest absolute Gasteiger partial charge is 0.325 e. The molecule has 1 aromatic heterocycles. The molecule has 1 saturated heterocycles.